The van der Waals surface area contributed by atoms with E-state index < -0.39 is 7.12 Å². The molecule has 0 amide bonds. The predicted molar refractivity (Wildman–Crippen MR) is 90.7 cm³/mol. The number of benzene rings is 2. The van der Waals surface area contributed by atoms with Crippen LogP contribution in [0.3, 0.4) is 0 Å². The Hall–Kier alpha value is -0.307. The standard InChI is InChI=1S/C17H16BCl2O2.Mo/c1-17(2)11-21-18(15-13(19)9-6-10-14(15)20)22-16(17)12-7-4-3-5-8-12;/h3-7,9-10,16H,11H2,1-2H3;/q-1;+2. The van der Waals surface area contributed by atoms with Gasteiger partial charge in [-0.25, -0.2) is 0 Å². The van der Waals surface area contributed by atoms with Gasteiger partial charge in [-0.3, -0.25) is 0 Å². The fourth-order valence-electron chi connectivity index (χ4n) is 2.67. The van der Waals surface area contributed by atoms with E-state index in [0.717, 1.165) is 5.56 Å². The third-order valence-electron chi connectivity index (χ3n) is 3.83. The van der Waals surface area contributed by atoms with E-state index in [9.17, 15) is 0 Å². The van der Waals surface area contributed by atoms with Gasteiger partial charge in [0.1, 0.15) is 0 Å². The molecule has 0 bridgehead atoms. The van der Waals surface area contributed by atoms with Gasteiger partial charge in [-0.15, -0.1) is 5.56 Å². The maximum Gasteiger partial charge on any atom is 2.00 e. The first kappa shape index (κ1) is 19.0. The zero-order valence-corrected chi connectivity index (χ0v) is 16.4. The molecule has 23 heavy (non-hydrogen) atoms. The Kier molecular flexibility index (Phi) is 6.38. The molecule has 1 heterocycles. The van der Waals surface area contributed by atoms with E-state index in [2.05, 4.69) is 19.9 Å². The van der Waals surface area contributed by atoms with Crippen LogP contribution in [-0.2, 0) is 30.4 Å². The second-order valence-electron chi connectivity index (χ2n) is 6.10. The van der Waals surface area contributed by atoms with Gasteiger partial charge in [0.2, 0.25) is 0 Å². The zero-order valence-electron chi connectivity index (χ0n) is 12.9. The molecular weight excluding hydrogens is 414 g/mol. The van der Waals surface area contributed by atoms with Crippen molar-refractivity contribution in [3.05, 3.63) is 64.1 Å². The topological polar surface area (TPSA) is 18.5 Å². The van der Waals surface area contributed by atoms with Gasteiger partial charge in [0.25, 0.3) is 0 Å². The molecule has 1 fully saturated rings. The van der Waals surface area contributed by atoms with Crippen molar-refractivity contribution in [2.24, 2.45) is 5.41 Å². The van der Waals surface area contributed by atoms with Crippen LogP contribution in [0.2, 0.25) is 10.0 Å². The van der Waals surface area contributed by atoms with Crippen molar-refractivity contribution in [2.75, 3.05) is 6.61 Å². The first-order chi connectivity index (χ1) is 10.5. The number of hydrogen-bond acceptors (Lipinski definition) is 2. The van der Waals surface area contributed by atoms with E-state index >= 15 is 0 Å². The average molecular weight is 430 g/mol. The first-order valence-electron chi connectivity index (χ1n) is 7.16. The minimum atomic E-state index is -0.576. The van der Waals surface area contributed by atoms with Gasteiger partial charge in [-0.1, -0.05) is 43.1 Å². The van der Waals surface area contributed by atoms with Gasteiger partial charge in [0, 0.05) is 27.5 Å². The maximum atomic E-state index is 6.28. The molecule has 1 aliphatic heterocycles. The van der Waals surface area contributed by atoms with Crippen LogP contribution < -0.4 is 5.46 Å². The minimum Gasteiger partial charge on any atom is -0.407 e. The SMILES string of the molecule is CC1(C)COB(c2c(Cl)cccc2Cl)OC1c1[c-]cccc1.[Mo+2]. The minimum absolute atomic E-state index is 0. The molecule has 6 heteroatoms. The molecule has 2 nitrogen and oxygen atoms in total. The van der Waals surface area contributed by atoms with Gasteiger partial charge in [0.05, 0.1) is 6.10 Å². The van der Waals surface area contributed by atoms with Crippen LogP contribution >= 0.6 is 23.2 Å². The number of rotatable bonds is 2. The second-order valence-corrected chi connectivity index (χ2v) is 6.92. The average Bonchev–Trinajstić information content (AvgIpc) is 2.49. The third-order valence-corrected chi connectivity index (χ3v) is 4.49. The van der Waals surface area contributed by atoms with E-state index in [1.165, 1.54) is 0 Å². The molecular formula is C17H16BCl2MoO2+. The van der Waals surface area contributed by atoms with Gasteiger partial charge >= 0.3 is 28.2 Å². The summed E-state index contributed by atoms with van der Waals surface area (Å²) in [7, 11) is -0.576. The summed E-state index contributed by atoms with van der Waals surface area (Å²) in [6.07, 6.45) is -0.139. The zero-order chi connectivity index (χ0) is 15.7. The van der Waals surface area contributed by atoms with Crippen molar-refractivity contribution in [2.45, 2.75) is 20.0 Å². The monoisotopic (exact) mass is 431 g/mol. The Morgan fingerprint density at radius 3 is 2.43 bits per heavy atom. The molecule has 1 unspecified atom stereocenters. The molecule has 0 aliphatic carbocycles. The summed E-state index contributed by atoms with van der Waals surface area (Å²) in [5, 5.41) is 1.10. The molecule has 3 rings (SSSR count). The summed E-state index contributed by atoms with van der Waals surface area (Å²) in [6.45, 7) is 4.78. The largest absolute Gasteiger partial charge is 2.00 e. The quantitative estimate of drug-likeness (QED) is 0.523. The fraction of sp³-hybridized carbons (Fsp3) is 0.294. The van der Waals surface area contributed by atoms with E-state index in [1.807, 2.05) is 30.3 Å². The summed E-state index contributed by atoms with van der Waals surface area (Å²) < 4.78 is 12.1. The molecule has 1 saturated heterocycles. The number of hydrogen-bond donors (Lipinski definition) is 0. The Morgan fingerprint density at radius 2 is 1.83 bits per heavy atom. The van der Waals surface area contributed by atoms with Crippen LogP contribution in [0.25, 0.3) is 0 Å². The van der Waals surface area contributed by atoms with E-state index in [-0.39, 0.29) is 32.6 Å². The molecule has 0 saturated carbocycles. The van der Waals surface area contributed by atoms with Gasteiger partial charge in [-0.05, 0) is 12.1 Å². The van der Waals surface area contributed by atoms with Crippen molar-refractivity contribution in [3.8, 4) is 0 Å². The molecule has 2 aromatic rings. The first-order valence-corrected chi connectivity index (χ1v) is 7.92. The van der Waals surface area contributed by atoms with Crippen molar-refractivity contribution < 1.29 is 30.4 Å². The normalized spacial score (nSPS) is 20.0. The van der Waals surface area contributed by atoms with E-state index in [1.54, 1.807) is 12.1 Å². The molecule has 0 aromatic heterocycles. The molecule has 2 aromatic carbocycles. The van der Waals surface area contributed by atoms with Crippen molar-refractivity contribution in [1.82, 2.24) is 0 Å². The third kappa shape index (κ3) is 4.03. The Labute approximate surface area is 161 Å². The Balaban J connectivity index is 0.00000192. The molecule has 0 radical (unpaired) electrons. The maximum absolute atomic E-state index is 6.28. The molecule has 1 atom stereocenters. The Morgan fingerprint density at radius 1 is 1.13 bits per heavy atom. The van der Waals surface area contributed by atoms with Crippen molar-refractivity contribution in [3.63, 3.8) is 0 Å². The van der Waals surface area contributed by atoms with Crippen LogP contribution in [0.15, 0.2) is 42.5 Å². The van der Waals surface area contributed by atoms with Crippen LogP contribution in [0, 0.1) is 11.5 Å². The van der Waals surface area contributed by atoms with Gasteiger partial charge in [-0.2, -0.15) is 30.3 Å². The van der Waals surface area contributed by atoms with Gasteiger partial charge < -0.3 is 9.31 Å². The van der Waals surface area contributed by atoms with Gasteiger partial charge in [0.15, 0.2) is 0 Å². The molecule has 0 spiro atoms. The van der Waals surface area contributed by atoms with Crippen LogP contribution in [0.4, 0.5) is 0 Å². The molecule has 118 valence electrons. The summed E-state index contributed by atoms with van der Waals surface area (Å²) in [5.74, 6) is 0. The predicted octanol–water partition coefficient (Wildman–Crippen LogP) is 4.30. The summed E-state index contributed by atoms with van der Waals surface area (Å²) in [5.41, 5.74) is 1.52. The van der Waals surface area contributed by atoms with E-state index in [4.69, 9.17) is 32.5 Å². The fourth-order valence-corrected chi connectivity index (χ4v) is 3.24. The van der Waals surface area contributed by atoms with E-state index in [0.29, 0.717) is 22.1 Å². The smallest absolute Gasteiger partial charge is 0.407 e. The van der Waals surface area contributed by atoms with Crippen molar-refractivity contribution in [1.29, 1.82) is 0 Å². The van der Waals surface area contributed by atoms with Crippen LogP contribution in [0.1, 0.15) is 25.5 Å². The van der Waals surface area contributed by atoms with Crippen LogP contribution in [-0.4, -0.2) is 13.7 Å². The Bertz CT molecular complexity index is 647. The second kappa shape index (κ2) is 7.72. The van der Waals surface area contributed by atoms with Crippen molar-refractivity contribution >= 4 is 35.8 Å². The molecule has 1 aliphatic rings. The summed E-state index contributed by atoms with van der Waals surface area (Å²) in [6, 6.07) is 16.5. The number of halogens is 2. The molecule has 0 N–H and O–H groups in total. The van der Waals surface area contributed by atoms with Crippen LogP contribution in [0.5, 0.6) is 0 Å². The summed E-state index contributed by atoms with van der Waals surface area (Å²) in [4.78, 5) is 0. The summed E-state index contributed by atoms with van der Waals surface area (Å²) >= 11 is 12.6.